The number of aryl methyl sites for hydroxylation is 2. The van der Waals surface area contributed by atoms with Crippen LogP contribution in [0.2, 0.25) is 0 Å². The summed E-state index contributed by atoms with van der Waals surface area (Å²) in [6.07, 6.45) is 7.69. The van der Waals surface area contributed by atoms with Gasteiger partial charge in [0, 0.05) is 169 Å². The van der Waals surface area contributed by atoms with Crippen molar-refractivity contribution in [2.24, 2.45) is 0 Å². The number of fused-ring (bicyclic) bond motifs is 1. The molecule has 8 aromatic carbocycles. The molecular weight excluding hydrogens is 1570 g/mol. The van der Waals surface area contributed by atoms with Crippen LogP contribution in [0.1, 0.15) is 178 Å². The Morgan fingerprint density at radius 3 is 0.798 bits per heavy atom. The molecule has 0 aliphatic carbocycles. The van der Waals surface area contributed by atoms with Crippen molar-refractivity contribution in [1.29, 1.82) is 0 Å². The molecule has 0 aromatic heterocycles. The Hall–Kier alpha value is -0.0322. The molecule has 0 fully saturated rings. The van der Waals surface area contributed by atoms with Crippen LogP contribution in [0.15, 0.2) is 237 Å². The Morgan fingerprint density at radius 1 is 0.345 bits per heavy atom. The fraction of sp³-hybridized carbons (Fsp3) is 0.308. The van der Waals surface area contributed by atoms with Gasteiger partial charge in [-0.2, -0.15) is 36.4 Å². The van der Waals surface area contributed by atoms with Gasteiger partial charge in [-0.1, -0.05) is 349 Å². The van der Waals surface area contributed by atoms with E-state index in [0.717, 1.165) is 6.42 Å². The van der Waals surface area contributed by atoms with Gasteiger partial charge in [0.2, 0.25) is 0 Å². The molecule has 8 aromatic rings. The molecule has 0 unspecified atom stereocenters. The van der Waals surface area contributed by atoms with Gasteiger partial charge in [-0.25, -0.2) is 0 Å². The molecule has 0 aliphatic heterocycles. The summed E-state index contributed by atoms with van der Waals surface area (Å²) < 4.78 is 0. The third-order valence-corrected chi connectivity index (χ3v) is 8.60. The zero-order valence-electron chi connectivity index (χ0n) is 59.1. The van der Waals surface area contributed by atoms with E-state index >= 15 is 0 Å². The van der Waals surface area contributed by atoms with Gasteiger partial charge in [-0.3, -0.25) is 0 Å². The third-order valence-electron chi connectivity index (χ3n) is 8.60. The first-order valence-electron chi connectivity index (χ1n) is 27.8. The van der Waals surface area contributed by atoms with Gasteiger partial charge in [-0.15, -0.1) is 0 Å². The van der Waals surface area contributed by atoms with E-state index < -0.39 is 0 Å². The summed E-state index contributed by atoms with van der Waals surface area (Å²) in [4.78, 5) is 0. The second-order valence-electron chi connectivity index (χ2n) is 13.0. The Morgan fingerprint density at radius 2 is 0.595 bits per heavy atom. The molecule has 0 aliphatic rings. The molecule has 5 radical (unpaired) electrons. The molecule has 0 N–H and O–H groups in total. The number of hydrogen-bond acceptors (Lipinski definition) is 0. The van der Waals surface area contributed by atoms with Crippen molar-refractivity contribution in [1.82, 2.24) is 0 Å². The van der Waals surface area contributed by atoms with Crippen molar-refractivity contribution >= 4 is 16.8 Å². The second-order valence-corrected chi connectivity index (χ2v) is 13.0. The maximum absolute atomic E-state index is 2.89. The molecule has 0 spiro atoms. The van der Waals surface area contributed by atoms with Gasteiger partial charge in [0.15, 0.2) is 0 Å². The summed E-state index contributed by atoms with van der Waals surface area (Å²) >= 11 is 0. The van der Waals surface area contributed by atoms with Gasteiger partial charge in [-0.05, 0) is 59.7 Å². The van der Waals surface area contributed by atoms with E-state index in [1.165, 1.54) is 51.4 Å². The van der Waals surface area contributed by atoms with Crippen molar-refractivity contribution < 1.29 is 185 Å². The smallest absolute Gasteiger partial charge is 0.358 e. The third kappa shape index (κ3) is 84.0. The number of rotatable bonds is 6. The molecule has 463 valence electrons. The largest absolute Gasteiger partial charge is 2.00 e. The van der Waals surface area contributed by atoms with Crippen molar-refractivity contribution in [3.8, 4) is 0 Å². The summed E-state index contributed by atoms with van der Waals surface area (Å²) in [5.41, 5.74) is 6.85. The molecule has 0 atom stereocenters. The first kappa shape index (κ1) is 133. The summed E-state index contributed by atoms with van der Waals surface area (Å²) in [7, 11) is 0. The van der Waals surface area contributed by atoms with Crippen LogP contribution in [0.25, 0.3) is 16.8 Å². The van der Waals surface area contributed by atoms with E-state index in [0.29, 0.717) is 5.92 Å². The summed E-state index contributed by atoms with van der Waals surface area (Å²) in [5, 5.41) is 2.62. The first-order valence-corrected chi connectivity index (χ1v) is 27.8. The summed E-state index contributed by atoms with van der Waals surface area (Å²) in [5.74, 6) is 0.549. The van der Waals surface area contributed by atoms with Crippen molar-refractivity contribution in [3.05, 3.63) is 315 Å². The number of benzene rings is 8. The fourth-order valence-corrected chi connectivity index (χ4v) is 5.66. The van der Waals surface area contributed by atoms with Crippen LogP contribution in [-0.2, 0) is 191 Å². The van der Waals surface area contributed by atoms with Gasteiger partial charge in [0.25, 0.3) is 0 Å². The fourth-order valence-electron chi connectivity index (χ4n) is 5.66. The molecule has 0 bridgehead atoms. The molecule has 6 heteroatoms. The molecule has 0 nitrogen and oxygen atoms in total. The zero-order valence-corrected chi connectivity index (χ0v) is 76.2. The minimum absolute atomic E-state index is 0. The van der Waals surface area contributed by atoms with Gasteiger partial charge in [0.1, 0.15) is 0 Å². The van der Waals surface area contributed by atoms with Gasteiger partial charge >= 0.3 is 21.1 Å². The minimum atomic E-state index is 0. The monoisotopic (exact) mass is 1690 g/mol. The maximum atomic E-state index is 2.89. The minimum Gasteiger partial charge on any atom is -0.358 e. The van der Waals surface area contributed by atoms with Crippen molar-refractivity contribution in [3.63, 3.8) is 0 Å². The normalized spacial score (nSPS) is 7.06. The zero-order chi connectivity index (χ0) is 55.7. The van der Waals surface area contributed by atoms with Gasteiger partial charge in [0.05, 0.1) is 0 Å². The summed E-state index contributed by atoms with van der Waals surface area (Å²) in [6, 6.07) is 81.8. The molecule has 0 heterocycles. The van der Waals surface area contributed by atoms with Crippen LogP contribution in [0.3, 0.4) is 0 Å². The molecular formula is C78H125WY5-5. The quantitative estimate of drug-likeness (QED) is 0.146. The predicted molar refractivity (Wildman–Crippen MR) is 376 cm³/mol. The van der Waals surface area contributed by atoms with E-state index in [2.05, 4.69) is 191 Å². The molecule has 0 saturated heterocycles. The molecule has 0 amide bonds. The molecule has 0 saturated carbocycles. The van der Waals surface area contributed by atoms with E-state index in [9.17, 15) is 0 Å². The van der Waals surface area contributed by atoms with Crippen LogP contribution >= 0.6 is 0 Å². The van der Waals surface area contributed by atoms with Crippen molar-refractivity contribution in [2.75, 3.05) is 0 Å². The van der Waals surface area contributed by atoms with Crippen LogP contribution < -0.4 is 0 Å². The molecule has 84 heavy (non-hydrogen) atoms. The second kappa shape index (κ2) is 121. The molecule has 8 rings (SSSR count). The van der Waals surface area contributed by atoms with E-state index in [-0.39, 0.29) is 229 Å². The van der Waals surface area contributed by atoms with E-state index in [4.69, 9.17) is 0 Å². The average Bonchev–Trinajstić information content (AvgIpc) is 3.51. The Bertz CT molecular complexity index is 1970. The SMILES string of the molecule is CC.CC.CC.CC.CC.CC.CC.CC.CC=Cc1ccccc1.CCCC(c1ccccc1)c1ccccc1.CCc1ccccc1.Cc1ccccc1.[CH3-].[CH3-].[CH3-].[CH3-].[CH3-].[CH3-].[W+2].[Y].[Y].[Y].[Y].[Y].[c-]1ccccc1.c1ccc2ccccc2c1. The van der Waals surface area contributed by atoms with Crippen LogP contribution in [0, 0.1) is 57.6 Å². The van der Waals surface area contributed by atoms with Crippen LogP contribution in [0.5, 0.6) is 0 Å². The predicted octanol–water partition coefficient (Wildman–Crippen LogP) is 26.8. The van der Waals surface area contributed by atoms with Crippen LogP contribution in [-0.4, -0.2) is 0 Å². The van der Waals surface area contributed by atoms with Crippen molar-refractivity contribution in [2.45, 2.75) is 164 Å². The Balaban J connectivity index is -0.0000000367. The topological polar surface area (TPSA) is 0 Å². The van der Waals surface area contributed by atoms with E-state index in [1.54, 1.807) is 0 Å². The van der Waals surface area contributed by atoms with E-state index in [1.807, 2.05) is 197 Å². The first-order chi connectivity index (χ1) is 35.6. The Labute approximate surface area is 670 Å². The van der Waals surface area contributed by atoms with Crippen LogP contribution in [0.4, 0.5) is 0 Å². The number of hydrogen-bond donors (Lipinski definition) is 0. The Kier molecular flexibility index (Phi) is 191. The summed E-state index contributed by atoms with van der Waals surface area (Å²) in [6.45, 7) is 40.5. The number of allylic oxidation sites excluding steroid dienone is 1. The average molecular weight is 1690 g/mol. The maximum Gasteiger partial charge on any atom is 2.00 e. The standard InChI is InChI=1S/C16H18.C10H8.C9H10.C8H10.C7H8.C6H5.8C2H6.6CH3.W.5Y/c1-2-9-16(14-10-5-3-6-11-14)15-12-7-4-8-13-15;1-2-6-10-8-4-3-7-9(10)5-1;1-2-6-9-7-4-3-5-8-9;1-2-8-6-4-3-5-7-8;1-7-5-3-2-4-6-7;1-2-4-6-5-3-1;8*1-2;;;;;;;;;;;;/h3-8,10-13,16H,2,9H2,1H3;1-8H;2-8H,1H3;3-7H,2H2,1H3;2-6H,1H3;1-5H;8*1-2H3;6*1H3;;;;;;/q;;;;;-1;;;;;;;;;6*-1;+2;;;;;. The van der Waals surface area contributed by atoms with Gasteiger partial charge < -0.3 is 44.6 Å².